The van der Waals surface area contributed by atoms with Gasteiger partial charge in [0.25, 0.3) is 12.3 Å². The lowest BCUT2D eigenvalue weighted by Gasteiger charge is -2.32. The number of likely N-dealkylation sites (tertiary alicyclic amines) is 1. The molecular formula is C20H21F2N3O2S. The number of carbonyl (C=O) groups excluding carboxylic acids is 1. The highest BCUT2D eigenvalue weighted by molar-refractivity contribution is 7.11. The van der Waals surface area contributed by atoms with Crippen LogP contribution in [-0.2, 0) is 6.54 Å². The highest BCUT2D eigenvalue weighted by Gasteiger charge is 2.27. The molecule has 0 spiro atoms. The molecule has 0 saturated carbocycles. The van der Waals surface area contributed by atoms with Crippen LogP contribution in [0.3, 0.4) is 0 Å². The van der Waals surface area contributed by atoms with E-state index in [9.17, 15) is 13.6 Å². The number of thiazole rings is 1. The van der Waals surface area contributed by atoms with Gasteiger partial charge in [-0.15, -0.1) is 11.3 Å². The van der Waals surface area contributed by atoms with Crippen LogP contribution in [0.2, 0.25) is 0 Å². The third kappa shape index (κ3) is 3.73. The van der Waals surface area contributed by atoms with E-state index in [2.05, 4.69) is 4.98 Å². The minimum atomic E-state index is -2.40. The van der Waals surface area contributed by atoms with Gasteiger partial charge in [-0.05, 0) is 25.1 Å². The second kappa shape index (κ2) is 7.87. The molecule has 3 heterocycles. The number of aryl methyl sites for hydroxylation is 1. The number of hydrogen-bond acceptors (Lipinski definition) is 4. The highest BCUT2D eigenvalue weighted by atomic mass is 32.1. The molecule has 0 aliphatic carbocycles. The van der Waals surface area contributed by atoms with E-state index in [-0.39, 0.29) is 18.6 Å². The maximum Gasteiger partial charge on any atom is 0.265 e. The summed E-state index contributed by atoms with van der Waals surface area (Å²) in [6.45, 7) is 2.78. The smallest absolute Gasteiger partial charge is 0.265 e. The Morgan fingerprint density at radius 3 is 2.79 bits per heavy atom. The highest BCUT2D eigenvalue weighted by Crippen LogP contribution is 2.30. The van der Waals surface area contributed by atoms with Crippen molar-refractivity contribution in [2.75, 3.05) is 13.1 Å². The summed E-state index contributed by atoms with van der Waals surface area (Å²) in [5.41, 5.74) is 3.21. The molecule has 1 fully saturated rings. The van der Waals surface area contributed by atoms with Crippen LogP contribution in [0.25, 0.3) is 10.9 Å². The van der Waals surface area contributed by atoms with Crippen molar-refractivity contribution in [2.24, 2.45) is 0 Å². The van der Waals surface area contributed by atoms with Crippen LogP contribution in [-0.4, -0.2) is 46.0 Å². The van der Waals surface area contributed by atoms with Crippen LogP contribution in [0, 0.1) is 6.92 Å². The van der Waals surface area contributed by atoms with Gasteiger partial charge in [0, 0.05) is 37.5 Å². The number of ether oxygens (including phenoxy) is 1. The Kier molecular flexibility index (Phi) is 5.30. The Morgan fingerprint density at radius 1 is 1.32 bits per heavy atom. The van der Waals surface area contributed by atoms with Gasteiger partial charge in [0.15, 0.2) is 0 Å². The van der Waals surface area contributed by atoms with Crippen molar-refractivity contribution in [2.45, 2.75) is 38.8 Å². The fraction of sp³-hybridized carbons (Fsp3) is 0.400. The molecule has 1 aliphatic rings. The number of amides is 1. The molecule has 0 radical (unpaired) electrons. The Labute approximate surface area is 165 Å². The number of hydrogen-bond donors (Lipinski definition) is 0. The SMILES string of the molecule is Cc1ncsc1C(=O)N1CCC(Oc2cccc3c2ccn3CC(F)F)CC1. The molecule has 0 atom stereocenters. The second-order valence-corrected chi connectivity index (χ2v) is 7.78. The first-order valence-corrected chi connectivity index (χ1v) is 10.1. The lowest BCUT2D eigenvalue weighted by molar-refractivity contribution is 0.0601. The van der Waals surface area contributed by atoms with Gasteiger partial charge in [-0.3, -0.25) is 4.79 Å². The van der Waals surface area contributed by atoms with Crippen LogP contribution >= 0.6 is 11.3 Å². The van der Waals surface area contributed by atoms with Crippen LogP contribution in [0.15, 0.2) is 36.0 Å². The standard InChI is InChI=1S/C20H21F2N3O2S/c1-13-19(28-12-23-13)20(26)24-8-5-14(6-9-24)27-17-4-2-3-16-15(17)7-10-25(16)11-18(21)22/h2-4,7,10,12,14,18H,5-6,8-9,11H2,1H3. The molecule has 8 heteroatoms. The lowest BCUT2D eigenvalue weighted by atomic mass is 10.1. The van der Waals surface area contributed by atoms with Gasteiger partial charge in [-0.2, -0.15) is 0 Å². The first-order valence-electron chi connectivity index (χ1n) is 9.25. The zero-order chi connectivity index (χ0) is 19.7. The molecule has 5 nitrogen and oxygen atoms in total. The fourth-order valence-corrected chi connectivity index (χ4v) is 4.38. The van der Waals surface area contributed by atoms with Crippen LogP contribution < -0.4 is 4.74 Å². The van der Waals surface area contributed by atoms with Crippen molar-refractivity contribution < 1.29 is 18.3 Å². The van der Waals surface area contributed by atoms with Gasteiger partial charge in [-0.25, -0.2) is 13.8 Å². The molecule has 0 bridgehead atoms. The number of benzene rings is 1. The van der Waals surface area contributed by atoms with E-state index >= 15 is 0 Å². The van der Waals surface area contributed by atoms with Crippen molar-refractivity contribution >= 4 is 28.1 Å². The first-order chi connectivity index (χ1) is 13.5. The average Bonchev–Trinajstić information content (AvgIpc) is 3.28. The molecule has 148 valence electrons. The Bertz CT molecular complexity index is 977. The summed E-state index contributed by atoms with van der Waals surface area (Å²) < 4.78 is 33.2. The zero-order valence-corrected chi connectivity index (χ0v) is 16.3. The Hall–Kier alpha value is -2.48. The monoisotopic (exact) mass is 405 g/mol. The number of alkyl halides is 2. The topological polar surface area (TPSA) is 47.4 Å². The molecule has 0 N–H and O–H groups in total. The molecule has 2 aromatic heterocycles. The van der Waals surface area contributed by atoms with Gasteiger partial charge in [0.1, 0.15) is 16.7 Å². The number of nitrogens with zero attached hydrogens (tertiary/aromatic N) is 3. The summed E-state index contributed by atoms with van der Waals surface area (Å²) in [6, 6.07) is 7.33. The minimum Gasteiger partial charge on any atom is -0.490 e. The Morgan fingerprint density at radius 2 is 2.11 bits per heavy atom. The fourth-order valence-electron chi connectivity index (χ4n) is 3.61. The molecular weight excluding hydrogens is 384 g/mol. The van der Waals surface area contributed by atoms with Gasteiger partial charge in [0.05, 0.1) is 23.3 Å². The predicted molar refractivity (Wildman–Crippen MR) is 104 cm³/mol. The summed E-state index contributed by atoms with van der Waals surface area (Å²) in [4.78, 5) is 19.3. The summed E-state index contributed by atoms with van der Waals surface area (Å²) in [7, 11) is 0. The van der Waals surface area contributed by atoms with Crippen molar-refractivity contribution in [1.82, 2.24) is 14.5 Å². The summed E-state index contributed by atoms with van der Waals surface area (Å²) in [6.07, 6.45) is 0.734. The molecule has 4 rings (SSSR count). The lowest BCUT2D eigenvalue weighted by Crippen LogP contribution is -2.41. The normalized spacial score (nSPS) is 15.5. The van der Waals surface area contributed by atoms with E-state index in [1.165, 1.54) is 11.3 Å². The van der Waals surface area contributed by atoms with E-state index in [0.29, 0.717) is 23.7 Å². The van der Waals surface area contributed by atoms with Crippen LogP contribution in [0.5, 0.6) is 5.75 Å². The number of fused-ring (bicyclic) bond motifs is 1. The van der Waals surface area contributed by atoms with Crippen molar-refractivity contribution in [1.29, 1.82) is 0 Å². The van der Waals surface area contributed by atoms with Crippen molar-refractivity contribution in [3.8, 4) is 5.75 Å². The average molecular weight is 405 g/mol. The summed E-state index contributed by atoms with van der Waals surface area (Å²) >= 11 is 1.37. The van der Waals surface area contributed by atoms with Gasteiger partial charge < -0.3 is 14.2 Å². The van der Waals surface area contributed by atoms with Crippen LogP contribution in [0.1, 0.15) is 28.2 Å². The van der Waals surface area contributed by atoms with E-state index in [4.69, 9.17) is 4.74 Å². The van der Waals surface area contributed by atoms with Gasteiger partial charge in [-0.1, -0.05) is 6.07 Å². The molecule has 28 heavy (non-hydrogen) atoms. The first kappa shape index (κ1) is 18.9. The number of halogens is 2. The minimum absolute atomic E-state index is 0.00402. The number of rotatable bonds is 5. The summed E-state index contributed by atoms with van der Waals surface area (Å²) in [5.74, 6) is 0.734. The number of piperidine rings is 1. The van der Waals surface area contributed by atoms with E-state index in [1.54, 1.807) is 16.3 Å². The maximum absolute atomic E-state index is 12.7. The largest absolute Gasteiger partial charge is 0.490 e. The van der Waals surface area contributed by atoms with E-state index < -0.39 is 6.43 Å². The van der Waals surface area contributed by atoms with Gasteiger partial charge >= 0.3 is 0 Å². The van der Waals surface area contributed by atoms with Crippen LogP contribution in [0.4, 0.5) is 8.78 Å². The molecule has 1 amide bonds. The Balaban J connectivity index is 1.42. The van der Waals surface area contributed by atoms with E-state index in [1.807, 2.05) is 36.1 Å². The third-order valence-electron chi connectivity index (χ3n) is 5.07. The molecule has 1 saturated heterocycles. The zero-order valence-electron chi connectivity index (χ0n) is 15.5. The third-order valence-corrected chi connectivity index (χ3v) is 5.99. The molecule has 1 aromatic carbocycles. The van der Waals surface area contributed by atoms with E-state index in [0.717, 1.165) is 29.4 Å². The second-order valence-electron chi connectivity index (χ2n) is 6.92. The maximum atomic E-state index is 12.7. The quantitative estimate of drug-likeness (QED) is 0.634. The molecule has 0 unspecified atom stereocenters. The van der Waals surface area contributed by atoms with Crippen molar-refractivity contribution in [3.05, 3.63) is 46.5 Å². The van der Waals surface area contributed by atoms with Gasteiger partial charge in [0.2, 0.25) is 0 Å². The summed E-state index contributed by atoms with van der Waals surface area (Å²) in [5, 5.41) is 0.835. The number of carbonyl (C=O) groups is 1. The predicted octanol–water partition coefficient (Wildman–Crippen LogP) is 4.35. The molecule has 3 aromatic rings. The molecule has 1 aliphatic heterocycles. The van der Waals surface area contributed by atoms with Crippen molar-refractivity contribution in [3.63, 3.8) is 0 Å². The number of aromatic nitrogens is 2.